The van der Waals surface area contributed by atoms with Crippen LogP contribution in [0.25, 0.3) is 10.9 Å². The average molecular weight is 367 g/mol. The number of hydrogen-bond acceptors (Lipinski definition) is 4. The number of benzene rings is 1. The van der Waals surface area contributed by atoms with Crippen LogP contribution in [0.3, 0.4) is 0 Å². The molecule has 0 spiro atoms. The number of oxazole rings is 1. The summed E-state index contributed by atoms with van der Waals surface area (Å²) in [6.07, 6.45) is 2.47. The second-order valence-electron chi connectivity index (χ2n) is 7.39. The van der Waals surface area contributed by atoms with E-state index >= 15 is 0 Å². The number of fused-ring (bicyclic) bond motifs is 2. The topological polar surface area (TPSA) is 59.2 Å². The molecule has 27 heavy (non-hydrogen) atoms. The van der Waals surface area contributed by atoms with Crippen LogP contribution in [0.15, 0.2) is 34.7 Å². The first-order valence-electron chi connectivity index (χ1n) is 9.33. The molecule has 1 aliphatic heterocycles. The van der Waals surface area contributed by atoms with Crippen LogP contribution < -0.4 is 0 Å². The highest BCUT2D eigenvalue weighted by atomic mass is 19.1. The van der Waals surface area contributed by atoms with Crippen LogP contribution in [-0.4, -0.2) is 27.3 Å². The Labute approximate surface area is 157 Å². The molecule has 140 valence electrons. The van der Waals surface area contributed by atoms with Crippen LogP contribution in [-0.2, 0) is 19.4 Å². The minimum absolute atomic E-state index is 0.211. The van der Waals surface area contributed by atoms with Gasteiger partial charge >= 0.3 is 0 Å². The Hall–Kier alpha value is -2.76. The van der Waals surface area contributed by atoms with Gasteiger partial charge in [-0.3, -0.25) is 4.79 Å². The number of carbonyl (C=O) groups is 1. The summed E-state index contributed by atoms with van der Waals surface area (Å²) >= 11 is 0. The van der Waals surface area contributed by atoms with Crippen LogP contribution in [0.5, 0.6) is 0 Å². The minimum Gasteiger partial charge on any atom is -0.445 e. The first kappa shape index (κ1) is 17.6. The van der Waals surface area contributed by atoms with E-state index in [0.717, 1.165) is 30.2 Å². The largest absolute Gasteiger partial charge is 0.445 e. The van der Waals surface area contributed by atoms with Gasteiger partial charge in [0.05, 0.1) is 6.54 Å². The van der Waals surface area contributed by atoms with Gasteiger partial charge in [0.25, 0.3) is 5.91 Å². The fraction of sp³-hybridized carbons (Fsp3) is 0.381. The van der Waals surface area contributed by atoms with E-state index in [0.29, 0.717) is 30.8 Å². The molecule has 0 aliphatic carbocycles. The highest BCUT2D eigenvalue weighted by Gasteiger charge is 2.27. The van der Waals surface area contributed by atoms with Gasteiger partial charge in [-0.2, -0.15) is 0 Å². The Balaban J connectivity index is 1.53. The fourth-order valence-corrected chi connectivity index (χ4v) is 3.34. The SMILES string of the molecule is CC(C)CCc1nc2c(o1)CCN(C(=O)c1ccc3cccc(F)c3n1)C2. The normalized spacial score (nSPS) is 14.0. The molecular weight excluding hydrogens is 345 g/mol. The Bertz CT molecular complexity index is 996. The third-order valence-corrected chi connectivity index (χ3v) is 4.88. The van der Waals surface area contributed by atoms with E-state index in [1.807, 2.05) is 0 Å². The van der Waals surface area contributed by atoms with E-state index in [9.17, 15) is 9.18 Å². The predicted molar refractivity (Wildman–Crippen MR) is 99.8 cm³/mol. The summed E-state index contributed by atoms with van der Waals surface area (Å²) in [4.78, 5) is 23.4. The lowest BCUT2D eigenvalue weighted by atomic mass is 10.1. The molecule has 0 bridgehead atoms. The van der Waals surface area contributed by atoms with Crippen LogP contribution in [0.2, 0.25) is 0 Å². The van der Waals surface area contributed by atoms with Gasteiger partial charge in [-0.1, -0.05) is 32.0 Å². The van der Waals surface area contributed by atoms with E-state index in [4.69, 9.17) is 4.42 Å². The lowest BCUT2D eigenvalue weighted by Crippen LogP contribution is -2.36. The molecule has 0 saturated carbocycles. The first-order valence-corrected chi connectivity index (χ1v) is 9.33. The first-order chi connectivity index (χ1) is 13.0. The Morgan fingerprint density at radius 2 is 2.11 bits per heavy atom. The molecule has 0 radical (unpaired) electrons. The number of halogens is 1. The van der Waals surface area contributed by atoms with E-state index < -0.39 is 5.82 Å². The van der Waals surface area contributed by atoms with Crippen molar-refractivity contribution < 1.29 is 13.6 Å². The maximum Gasteiger partial charge on any atom is 0.272 e. The molecule has 1 aliphatic rings. The van der Waals surface area contributed by atoms with Crippen molar-refractivity contribution >= 4 is 16.8 Å². The number of rotatable bonds is 4. The summed E-state index contributed by atoms with van der Waals surface area (Å²) in [5.41, 5.74) is 1.29. The number of hydrogen-bond donors (Lipinski definition) is 0. The molecule has 1 amide bonds. The van der Waals surface area contributed by atoms with Crippen molar-refractivity contribution in [2.45, 2.75) is 39.7 Å². The Kier molecular flexibility index (Phi) is 4.64. The summed E-state index contributed by atoms with van der Waals surface area (Å²) in [6.45, 7) is 5.28. The molecule has 0 atom stereocenters. The van der Waals surface area contributed by atoms with Gasteiger partial charge in [0.2, 0.25) is 0 Å². The molecule has 5 nitrogen and oxygen atoms in total. The van der Waals surface area contributed by atoms with Crippen molar-refractivity contribution in [2.24, 2.45) is 5.92 Å². The quantitative estimate of drug-likeness (QED) is 0.695. The average Bonchev–Trinajstić information content (AvgIpc) is 3.08. The summed E-state index contributed by atoms with van der Waals surface area (Å²) in [5.74, 6) is 1.57. The Morgan fingerprint density at radius 1 is 1.26 bits per heavy atom. The smallest absolute Gasteiger partial charge is 0.272 e. The number of nitrogens with zero attached hydrogens (tertiary/aromatic N) is 3. The predicted octanol–water partition coefficient (Wildman–Crippen LogP) is 4.15. The molecule has 3 aromatic rings. The molecule has 0 unspecified atom stereocenters. The maximum atomic E-state index is 14.0. The van der Waals surface area contributed by atoms with Gasteiger partial charge in [0.15, 0.2) is 5.89 Å². The number of aryl methyl sites for hydroxylation is 1. The molecular formula is C21H22FN3O2. The number of para-hydroxylation sites is 1. The Morgan fingerprint density at radius 3 is 2.93 bits per heavy atom. The van der Waals surface area contributed by atoms with Crippen LogP contribution in [0.4, 0.5) is 4.39 Å². The summed E-state index contributed by atoms with van der Waals surface area (Å²) in [7, 11) is 0. The van der Waals surface area contributed by atoms with Crippen molar-refractivity contribution in [1.82, 2.24) is 14.9 Å². The van der Waals surface area contributed by atoms with Crippen molar-refractivity contribution in [3.63, 3.8) is 0 Å². The summed E-state index contributed by atoms with van der Waals surface area (Å²) in [6, 6.07) is 8.14. The third-order valence-electron chi connectivity index (χ3n) is 4.88. The monoisotopic (exact) mass is 367 g/mol. The zero-order valence-corrected chi connectivity index (χ0v) is 15.5. The van der Waals surface area contributed by atoms with Crippen LogP contribution in [0, 0.1) is 11.7 Å². The summed E-state index contributed by atoms with van der Waals surface area (Å²) < 4.78 is 19.8. The van der Waals surface area contributed by atoms with Crippen LogP contribution in [0.1, 0.15) is 48.1 Å². The van der Waals surface area contributed by atoms with Gasteiger partial charge in [-0.25, -0.2) is 14.4 Å². The number of carbonyl (C=O) groups excluding carboxylic acids is 1. The standard InChI is InChI=1S/C21H22FN3O2/c1-13(2)6-9-19-23-17-12-25(11-10-18(17)27-19)21(26)16-8-7-14-4-3-5-15(22)20(14)24-16/h3-5,7-8,13H,6,9-12H2,1-2H3. The lowest BCUT2D eigenvalue weighted by Gasteiger charge is -2.25. The van der Waals surface area contributed by atoms with Gasteiger partial charge in [0, 0.05) is 24.8 Å². The van der Waals surface area contributed by atoms with Gasteiger partial charge in [0.1, 0.15) is 28.5 Å². The zero-order chi connectivity index (χ0) is 19.0. The van der Waals surface area contributed by atoms with E-state index in [1.54, 1.807) is 29.2 Å². The van der Waals surface area contributed by atoms with E-state index in [2.05, 4.69) is 23.8 Å². The number of pyridine rings is 1. The van der Waals surface area contributed by atoms with Crippen molar-refractivity contribution in [3.05, 3.63) is 59.2 Å². The number of amides is 1. The molecule has 0 fully saturated rings. The van der Waals surface area contributed by atoms with Crippen molar-refractivity contribution in [3.8, 4) is 0 Å². The van der Waals surface area contributed by atoms with E-state index in [1.165, 1.54) is 6.07 Å². The maximum absolute atomic E-state index is 14.0. The molecule has 0 saturated heterocycles. The molecule has 3 heterocycles. The van der Waals surface area contributed by atoms with Crippen molar-refractivity contribution in [1.29, 1.82) is 0 Å². The molecule has 4 rings (SSSR count). The molecule has 1 aromatic carbocycles. The fourth-order valence-electron chi connectivity index (χ4n) is 3.34. The second-order valence-corrected chi connectivity index (χ2v) is 7.39. The zero-order valence-electron chi connectivity index (χ0n) is 15.5. The van der Waals surface area contributed by atoms with Crippen LogP contribution >= 0.6 is 0 Å². The molecule has 2 aromatic heterocycles. The second kappa shape index (κ2) is 7.10. The van der Waals surface area contributed by atoms with Gasteiger partial charge in [-0.15, -0.1) is 0 Å². The van der Waals surface area contributed by atoms with Gasteiger partial charge in [-0.05, 0) is 24.5 Å². The molecule has 0 N–H and O–H groups in total. The lowest BCUT2D eigenvalue weighted by molar-refractivity contribution is 0.0722. The highest BCUT2D eigenvalue weighted by Crippen LogP contribution is 2.23. The third kappa shape index (κ3) is 3.56. The summed E-state index contributed by atoms with van der Waals surface area (Å²) in [5, 5.41) is 0.679. The highest BCUT2D eigenvalue weighted by molar-refractivity contribution is 5.95. The number of aromatic nitrogens is 2. The van der Waals surface area contributed by atoms with E-state index in [-0.39, 0.29) is 17.1 Å². The van der Waals surface area contributed by atoms with Crippen molar-refractivity contribution in [2.75, 3.05) is 6.54 Å². The molecule has 6 heteroatoms. The van der Waals surface area contributed by atoms with Gasteiger partial charge < -0.3 is 9.32 Å². The minimum atomic E-state index is -0.422.